The second-order valence-corrected chi connectivity index (χ2v) is 9.70. The summed E-state index contributed by atoms with van der Waals surface area (Å²) in [5.41, 5.74) is 8.47. The van der Waals surface area contributed by atoms with Crippen LogP contribution < -0.4 is 5.32 Å². The van der Waals surface area contributed by atoms with Crippen LogP contribution in [0.3, 0.4) is 0 Å². The summed E-state index contributed by atoms with van der Waals surface area (Å²) in [5, 5.41) is 23.3. The molecule has 3 aromatic rings. The number of nitrogens with zero attached hydrogens (tertiary/aromatic N) is 1. The summed E-state index contributed by atoms with van der Waals surface area (Å²) in [6.45, 7) is 6.75. The van der Waals surface area contributed by atoms with Gasteiger partial charge in [0.25, 0.3) is 0 Å². The predicted octanol–water partition coefficient (Wildman–Crippen LogP) is 5.43. The van der Waals surface area contributed by atoms with E-state index in [1.54, 1.807) is 12.1 Å². The number of aromatic hydroxyl groups is 2. The summed E-state index contributed by atoms with van der Waals surface area (Å²) in [6.07, 6.45) is 5.27. The van der Waals surface area contributed by atoms with E-state index in [2.05, 4.69) is 38.2 Å². The number of aryl methyl sites for hydroxylation is 1. The fourth-order valence-corrected chi connectivity index (χ4v) is 5.76. The topological polar surface area (TPSA) is 78.0 Å². The van der Waals surface area contributed by atoms with Crippen molar-refractivity contribution < 1.29 is 14.6 Å². The van der Waals surface area contributed by atoms with Crippen LogP contribution in [-0.4, -0.2) is 16.0 Å². The van der Waals surface area contributed by atoms with Gasteiger partial charge in [0.05, 0.1) is 12.3 Å². The Morgan fingerprint density at radius 1 is 1.10 bits per heavy atom. The van der Waals surface area contributed by atoms with Gasteiger partial charge in [0.15, 0.2) is 11.5 Å². The van der Waals surface area contributed by atoms with E-state index in [9.17, 15) is 10.2 Å². The van der Waals surface area contributed by atoms with Crippen LogP contribution in [0.25, 0.3) is 11.3 Å². The van der Waals surface area contributed by atoms with Gasteiger partial charge in [-0.3, -0.25) is 4.99 Å². The number of nitrogens with one attached hydrogen (secondary N) is 1. The molecule has 0 spiro atoms. The van der Waals surface area contributed by atoms with Crippen molar-refractivity contribution in [2.75, 3.05) is 0 Å². The highest BCUT2D eigenvalue weighted by Gasteiger charge is 2.44. The maximum atomic E-state index is 10.0. The maximum absolute atomic E-state index is 10.0. The molecule has 0 bridgehead atoms. The first-order valence-corrected chi connectivity index (χ1v) is 11.0. The van der Waals surface area contributed by atoms with Crippen LogP contribution in [0.2, 0.25) is 0 Å². The molecule has 0 fully saturated rings. The lowest BCUT2D eigenvalue weighted by Crippen LogP contribution is -2.30. The van der Waals surface area contributed by atoms with Gasteiger partial charge in [-0.05, 0) is 72.1 Å². The molecule has 2 aliphatic carbocycles. The minimum atomic E-state index is -0.142. The largest absolute Gasteiger partial charge is 0.504 e. The van der Waals surface area contributed by atoms with Crippen molar-refractivity contribution in [2.45, 2.75) is 57.5 Å². The molecule has 6 rings (SSSR count). The highest BCUT2D eigenvalue weighted by atomic mass is 16.3. The normalized spacial score (nSPS) is 22.6. The average molecular weight is 415 g/mol. The summed E-state index contributed by atoms with van der Waals surface area (Å²) >= 11 is 0. The Hall–Kier alpha value is -3.21. The van der Waals surface area contributed by atoms with Crippen molar-refractivity contribution in [3.8, 4) is 22.8 Å². The van der Waals surface area contributed by atoms with E-state index in [1.165, 1.54) is 35.6 Å². The van der Waals surface area contributed by atoms with E-state index in [0.29, 0.717) is 0 Å². The SMILES string of the molecule is Cc1coc2c1C1NC(c3ccc(O)c(O)c3)=NC1c1c-2ccc2c1CCCC2(C)C. The summed E-state index contributed by atoms with van der Waals surface area (Å²) < 4.78 is 6.08. The van der Waals surface area contributed by atoms with Crippen molar-refractivity contribution in [1.82, 2.24) is 5.32 Å². The second kappa shape index (κ2) is 6.16. The molecule has 2 heterocycles. The molecule has 0 radical (unpaired) electrons. The van der Waals surface area contributed by atoms with E-state index < -0.39 is 0 Å². The molecule has 158 valence electrons. The molecule has 5 nitrogen and oxygen atoms in total. The summed E-state index contributed by atoms with van der Waals surface area (Å²) in [6, 6.07) is 9.30. The van der Waals surface area contributed by atoms with Crippen LogP contribution in [0, 0.1) is 6.92 Å². The minimum absolute atomic E-state index is 0.0104. The zero-order valence-electron chi connectivity index (χ0n) is 18.0. The van der Waals surface area contributed by atoms with Gasteiger partial charge < -0.3 is 19.9 Å². The molecule has 31 heavy (non-hydrogen) atoms. The minimum Gasteiger partial charge on any atom is -0.504 e. The monoisotopic (exact) mass is 414 g/mol. The average Bonchev–Trinajstić information content (AvgIpc) is 3.33. The Morgan fingerprint density at radius 3 is 2.74 bits per heavy atom. The van der Waals surface area contributed by atoms with Crippen molar-refractivity contribution in [3.63, 3.8) is 0 Å². The number of furan rings is 1. The molecule has 2 aromatic carbocycles. The van der Waals surface area contributed by atoms with E-state index >= 15 is 0 Å². The summed E-state index contributed by atoms with van der Waals surface area (Å²) in [4.78, 5) is 5.14. The molecule has 3 N–H and O–H groups in total. The molecular weight excluding hydrogens is 388 g/mol. The molecule has 1 aromatic heterocycles. The third-order valence-electron chi connectivity index (χ3n) is 7.31. The number of hydrogen-bond acceptors (Lipinski definition) is 5. The third kappa shape index (κ3) is 2.52. The second-order valence-electron chi connectivity index (χ2n) is 9.70. The van der Waals surface area contributed by atoms with Crippen LogP contribution in [-0.2, 0) is 11.8 Å². The lowest BCUT2D eigenvalue weighted by Gasteiger charge is -2.37. The molecule has 0 saturated carbocycles. The van der Waals surface area contributed by atoms with Crippen LogP contribution in [0.15, 0.2) is 46.0 Å². The quantitative estimate of drug-likeness (QED) is 0.464. The Balaban J connectivity index is 1.58. The maximum Gasteiger partial charge on any atom is 0.158 e. The standard InChI is InChI=1S/C26H26N2O3/c1-13-12-31-24-16-7-8-17-15(5-4-10-26(17,2)3)21(16)23-22(20(13)24)27-25(28-23)14-6-9-18(29)19(30)11-14/h6-9,11-12,22-23,29-30H,4-5,10H2,1-3H3,(H,27,28). The molecule has 2 unspecified atom stereocenters. The van der Waals surface area contributed by atoms with Crippen molar-refractivity contribution >= 4 is 5.84 Å². The predicted molar refractivity (Wildman–Crippen MR) is 120 cm³/mol. The van der Waals surface area contributed by atoms with Gasteiger partial charge in [-0.1, -0.05) is 26.0 Å². The van der Waals surface area contributed by atoms with Crippen LogP contribution >= 0.6 is 0 Å². The van der Waals surface area contributed by atoms with Gasteiger partial charge in [0.1, 0.15) is 17.6 Å². The first-order valence-electron chi connectivity index (χ1n) is 11.0. The van der Waals surface area contributed by atoms with Gasteiger partial charge in [0.2, 0.25) is 0 Å². The van der Waals surface area contributed by atoms with Gasteiger partial charge in [-0.25, -0.2) is 0 Å². The van der Waals surface area contributed by atoms with Crippen LogP contribution in [0.5, 0.6) is 11.5 Å². The van der Waals surface area contributed by atoms with Gasteiger partial charge in [-0.15, -0.1) is 0 Å². The highest BCUT2D eigenvalue weighted by molar-refractivity contribution is 6.01. The zero-order chi connectivity index (χ0) is 21.5. The summed E-state index contributed by atoms with van der Waals surface area (Å²) in [7, 11) is 0. The lowest BCUT2D eigenvalue weighted by molar-refractivity contribution is 0.403. The number of amidine groups is 1. The van der Waals surface area contributed by atoms with Crippen LogP contribution in [0.4, 0.5) is 0 Å². The first-order chi connectivity index (χ1) is 14.8. The van der Waals surface area contributed by atoms with Crippen LogP contribution in [0.1, 0.15) is 72.2 Å². The van der Waals surface area contributed by atoms with Crippen molar-refractivity contribution in [2.24, 2.45) is 4.99 Å². The number of phenols is 2. The third-order valence-corrected chi connectivity index (χ3v) is 7.31. The first kappa shape index (κ1) is 18.6. The van der Waals surface area contributed by atoms with Crippen molar-refractivity contribution in [3.05, 3.63) is 70.0 Å². The molecule has 2 atom stereocenters. The Morgan fingerprint density at radius 2 is 1.94 bits per heavy atom. The molecule has 1 aliphatic heterocycles. The summed E-state index contributed by atoms with van der Waals surface area (Å²) in [5.74, 6) is 1.40. The Labute approximate surface area is 181 Å². The zero-order valence-corrected chi connectivity index (χ0v) is 18.0. The number of aliphatic imine (C=N–C) groups is 1. The number of phenolic OH excluding ortho intramolecular Hbond substituents is 2. The highest BCUT2D eigenvalue weighted by Crippen LogP contribution is 2.54. The number of hydrogen-bond donors (Lipinski definition) is 3. The lowest BCUT2D eigenvalue weighted by atomic mass is 9.68. The number of fused-ring (bicyclic) bond motifs is 8. The van der Waals surface area contributed by atoms with E-state index in [4.69, 9.17) is 9.41 Å². The molecular formula is C26H26N2O3. The Kier molecular flexibility index (Phi) is 3.69. The molecule has 0 amide bonds. The van der Waals surface area contributed by atoms with Crippen molar-refractivity contribution in [1.29, 1.82) is 0 Å². The molecule has 5 heteroatoms. The van der Waals surface area contributed by atoms with E-state index in [-0.39, 0.29) is 29.0 Å². The fourth-order valence-electron chi connectivity index (χ4n) is 5.76. The number of rotatable bonds is 1. The number of benzene rings is 2. The van der Waals surface area contributed by atoms with Gasteiger partial charge >= 0.3 is 0 Å². The fraction of sp³-hybridized carbons (Fsp3) is 0.346. The smallest absolute Gasteiger partial charge is 0.158 e. The van der Waals surface area contributed by atoms with Gasteiger partial charge in [-0.2, -0.15) is 0 Å². The molecule has 3 aliphatic rings. The van der Waals surface area contributed by atoms with Gasteiger partial charge in [0, 0.05) is 16.7 Å². The Bertz CT molecular complexity index is 1270. The van der Waals surface area contributed by atoms with E-state index in [0.717, 1.165) is 40.3 Å². The van der Waals surface area contributed by atoms with E-state index in [1.807, 2.05) is 6.26 Å². The molecule has 0 saturated heterocycles.